The number of amides is 1. The first kappa shape index (κ1) is 17.6. The summed E-state index contributed by atoms with van der Waals surface area (Å²) < 4.78 is 31.9. The van der Waals surface area contributed by atoms with Gasteiger partial charge in [0.1, 0.15) is 23.3 Å². The van der Waals surface area contributed by atoms with Crippen LogP contribution < -0.4 is 15.0 Å². The molecule has 4 rings (SSSR count). The van der Waals surface area contributed by atoms with E-state index in [1.54, 1.807) is 6.20 Å². The minimum atomic E-state index is -0.906. The Bertz CT molecular complexity index is 886. The van der Waals surface area contributed by atoms with Crippen molar-refractivity contribution in [3.05, 3.63) is 41.9 Å². The predicted molar refractivity (Wildman–Crippen MR) is 95.7 cm³/mol. The highest BCUT2D eigenvalue weighted by Crippen LogP contribution is 2.35. The number of halogens is 2. The van der Waals surface area contributed by atoms with Gasteiger partial charge in [-0.05, 0) is 37.8 Å². The van der Waals surface area contributed by atoms with Crippen LogP contribution in [-0.2, 0) is 11.2 Å². The largest absolute Gasteiger partial charge is 0.490 e. The van der Waals surface area contributed by atoms with E-state index in [4.69, 9.17) is 4.74 Å². The molecule has 1 fully saturated rings. The summed E-state index contributed by atoms with van der Waals surface area (Å²) in [4.78, 5) is 22.6. The second-order valence-corrected chi connectivity index (χ2v) is 7.16. The number of nitrogens with one attached hydrogen (secondary N) is 1. The fourth-order valence-corrected chi connectivity index (χ4v) is 3.40. The quantitative estimate of drug-likeness (QED) is 0.891. The summed E-state index contributed by atoms with van der Waals surface area (Å²) in [6.45, 7) is 1.83. The summed E-state index contributed by atoms with van der Waals surface area (Å²) in [5.41, 5.74) is 0.623. The second-order valence-electron chi connectivity index (χ2n) is 7.16. The van der Waals surface area contributed by atoms with Crippen LogP contribution >= 0.6 is 0 Å². The van der Waals surface area contributed by atoms with Crippen molar-refractivity contribution < 1.29 is 18.3 Å². The number of anilines is 2. The van der Waals surface area contributed by atoms with Crippen molar-refractivity contribution in [1.82, 2.24) is 9.97 Å². The van der Waals surface area contributed by atoms with Crippen LogP contribution in [0.15, 0.2) is 24.4 Å². The van der Waals surface area contributed by atoms with Crippen LogP contribution in [-0.4, -0.2) is 35.1 Å². The van der Waals surface area contributed by atoms with E-state index in [1.807, 2.05) is 18.9 Å². The van der Waals surface area contributed by atoms with Crippen molar-refractivity contribution in [3.63, 3.8) is 0 Å². The van der Waals surface area contributed by atoms with Gasteiger partial charge >= 0.3 is 0 Å². The SMILES string of the molecule is C[C@H]1C(=O)Nc2cnc(CC3CC(Oc4ccc(F)c(F)c4)C3)nc2N1C. The fraction of sp³-hybridized carbons (Fsp3) is 0.421. The highest BCUT2D eigenvalue weighted by Gasteiger charge is 2.33. The minimum Gasteiger partial charge on any atom is -0.490 e. The molecule has 0 spiro atoms. The molecule has 1 aliphatic carbocycles. The van der Waals surface area contributed by atoms with Crippen LogP contribution in [0.5, 0.6) is 5.75 Å². The lowest BCUT2D eigenvalue weighted by atomic mass is 9.80. The Morgan fingerprint density at radius 1 is 1.30 bits per heavy atom. The lowest BCUT2D eigenvalue weighted by Gasteiger charge is -2.35. The number of carbonyl (C=O) groups excluding carboxylic acids is 1. The average Bonchev–Trinajstić information content (AvgIpc) is 2.61. The number of hydrogen-bond donors (Lipinski definition) is 1. The maximum absolute atomic E-state index is 13.2. The Morgan fingerprint density at radius 2 is 2.07 bits per heavy atom. The van der Waals surface area contributed by atoms with Crippen LogP contribution in [0.3, 0.4) is 0 Å². The first-order valence-electron chi connectivity index (χ1n) is 8.92. The number of hydrogen-bond acceptors (Lipinski definition) is 5. The van der Waals surface area contributed by atoms with Gasteiger partial charge in [0.25, 0.3) is 0 Å². The molecule has 1 saturated carbocycles. The number of carbonyl (C=O) groups is 1. The highest BCUT2D eigenvalue weighted by atomic mass is 19.2. The number of rotatable bonds is 4. The molecule has 1 aromatic heterocycles. The first-order chi connectivity index (χ1) is 12.9. The van der Waals surface area contributed by atoms with Gasteiger partial charge in [-0.2, -0.15) is 0 Å². The van der Waals surface area contributed by atoms with Gasteiger partial charge in [0, 0.05) is 19.5 Å². The second kappa shape index (κ2) is 6.75. The molecule has 142 valence electrons. The summed E-state index contributed by atoms with van der Waals surface area (Å²) in [6.07, 6.45) is 3.96. The molecule has 1 amide bonds. The summed E-state index contributed by atoms with van der Waals surface area (Å²) >= 11 is 0. The van der Waals surface area contributed by atoms with E-state index in [1.165, 1.54) is 6.07 Å². The zero-order valence-corrected chi connectivity index (χ0v) is 15.1. The molecular formula is C19H20F2N4O2. The van der Waals surface area contributed by atoms with Crippen molar-refractivity contribution in [1.29, 1.82) is 0 Å². The van der Waals surface area contributed by atoms with Gasteiger partial charge < -0.3 is 15.0 Å². The molecule has 8 heteroatoms. The Morgan fingerprint density at radius 3 is 2.81 bits per heavy atom. The number of benzene rings is 1. The van der Waals surface area contributed by atoms with Crippen molar-refractivity contribution in [2.24, 2.45) is 5.92 Å². The van der Waals surface area contributed by atoms with Crippen LogP contribution in [0, 0.1) is 17.6 Å². The van der Waals surface area contributed by atoms with E-state index >= 15 is 0 Å². The lowest BCUT2D eigenvalue weighted by molar-refractivity contribution is -0.117. The molecule has 1 atom stereocenters. The van der Waals surface area contributed by atoms with Crippen molar-refractivity contribution in [3.8, 4) is 5.75 Å². The van der Waals surface area contributed by atoms with Gasteiger partial charge in [0.15, 0.2) is 17.5 Å². The standard InChI is InChI=1S/C19H20F2N4O2/c1-10-19(26)23-16-9-22-17(24-18(16)25(10)2)7-11-5-13(6-11)27-12-3-4-14(20)15(21)8-12/h3-4,8-11,13H,5-7H2,1-2H3,(H,23,26)/t10-,11?,13?/m0/s1. The van der Waals surface area contributed by atoms with Crippen LogP contribution in [0.1, 0.15) is 25.6 Å². The van der Waals surface area contributed by atoms with Crippen molar-refractivity contribution in [2.75, 3.05) is 17.3 Å². The molecule has 1 aromatic carbocycles. The highest BCUT2D eigenvalue weighted by molar-refractivity contribution is 6.02. The van der Waals surface area contributed by atoms with Crippen LogP contribution in [0.4, 0.5) is 20.3 Å². The van der Waals surface area contributed by atoms with Gasteiger partial charge in [-0.15, -0.1) is 0 Å². The summed E-state index contributed by atoms with van der Waals surface area (Å²) in [5, 5.41) is 2.81. The van der Waals surface area contributed by atoms with E-state index in [9.17, 15) is 13.6 Å². The molecule has 2 heterocycles. The van der Waals surface area contributed by atoms with E-state index in [0.29, 0.717) is 23.8 Å². The molecule has 1 N–H and O–H groups in total. The van der Waals surface area contributed by atoms with E-state index < -0.39 is 11.6 Å². The molecule has 6 nitrogen and oxygen atoms in total. The number of likely N-dealkylation sites (N-methyl/N-ethyl adjacent to an activating group) is 1. The van der Waals surface area contributed by atoms with Crippen LogP contribution in [0.2, 0.25) is 0 Å². The van der Waals surface area contributed by atoms with Gasteiger partial charge in [0.2, 0.25) is 5.91 Å². The number of nitrogens with zero attached hydrogens (tertiary/aromatic N) is 3. The Hall–Kier alpha value is -2.77. The smallest absolute Gasteiger partial charge is 0.246 e. The Kier molecular flexibility index (Phi) is 4.41. The van der Waals surface area contributed by atoms with Crippen molar-refractivity contribution >= 4 is 17.4 Å². The summed E-state index contributed by atoms with van der Waals surface area (Å²) in [6, 6.07) is 3.29. The topological polar surface area (TPSA) is 67.3 Å². The number of aromatic nitrogens is 2. The summed E-state index contributed by atoms with van der Waals surface area (Å²) in [7, 11) is 1.84. The van der Waals surface area contributed by atoms with Gasteiger partial charge in [0.05, 0.1) is 12.3 Å². The van der Waals surface area contributed by atoms with Gasteiger partial charge in [-0.3, -0.25) is 4.79 Å². The van der Waals surface area contributed by atoms with E-state index in [-0.39, 0.29) is 18.1 Å². The predicted octanol–water partition coefficient (Wildman–Crippen LogP) is 2.93. The zero-order valence-electron chi connectivity index (χ0n) is 15.1. The molecule has 0 saturated heterocycles. The molecule has 2 aliphatic rings. The van der Waals surface area contributed by atoms with Gasteiger partial charge in [-0.1, -0.05) is 0 Å². The normalized spacial score (nSPS) is 24.1. The molecule has 27 heavy (non-hydrogen) atoms. The fourth-order valence-electron chi connectivity index (χ4n) is 3.40. The molecule has 0 radical (unpaired) electrons. The number of ether oxygens (including phenoxy) is 1. The lowest BCUT2D eigenvalue weighted by Crippen LogP contribution is -2.44. The van der Waals surface area contributed by atoms with E-state index in [2.05, 4.69) is 15.3 Å². The minimum absolute atomic E-state index is 0.0144. The van der Waals surface area contributed by atoms with Gasteiger partial charge in [-0.25, -0.2) is 18.7 Å². The third-order valence-corrected chi connectivity index (χ3v) is 5.23. The van der Waals surface area contributed by atoms with Crippen molar-refractivity contribution in [2.45, 2.75) is 38.3 Å². The third kappa shape index (κ3) is 3.43. The third-order valence-electron chi connectivity index (χ3n) is 5.23. The Labute approximate surface area is 155 Å². The molecule has 2 aromatic rings. The maximum Gasteiger partial charge on any atom is 0.246 e. The van der Waals surface area contributed by atoms with E-state index in [0.717, 1.165) is 36.6 Å². The first-order valence-corrected chi connectivity index (χ1v) is 8.92. The Balaban J connectivity index is 1.35. The molecular weight excluding hydrogens is 354 g/mol. The molecule has 0 unspecified atom stereocenters. The monoisotopic (exact) mass is 374 g/mol. The number of fused-ring (bicyclic) bond motifs is 1. The van der Waals surface area contributed by atoms with Crippen LogP contribution in [0.25, 0.3) is 0 Å². The summed E-state index contributed by atoms with van der Waals surface area (Å²) in [5.74, 6) is 0.303. The molecule has 1 aliphatic heterocycles. The molecule has 0 bridgehead atoms. The average molecular weight is 374 g/mol. The maximum atomic E-state index is 13.2. The zero-order chi connectivity index (χ0) is 19.1.